The Labute approximate surface area is 164 Å². The largest absolute Gasteiger partial charge is 0.393 e. The number of carbonyl (C=O) groups excluding carboxylic acids is 2. The molecule has 2 fully saturated rings. The summed E-state index contributed by atoms with van der Waals surface area (Å²) in [4.78, 5) is 32.4. The molecule has 9 heteroatoms. The second-order valence-electron chi connectivity index (χ2n) is 7.05. The van der Waals surface area contributed by atoms with Gasteiger partial charge in [0.1, 0.15) is 17.9 Å². The minimum Gasteiger partial charge on any atom is -0.393 e. The summed E-state index contributed by atoms with van der Waals surface area (Å²) < 4.78 is 27.5. The maximum Gasteiger partial charge on any atom is 0.254 e. The Bertz CT molecular complexity index is 948. The van der Waals surface area contributed by atoms with Crippen molar-refractivity contribution in [2.75, 3.05) is 11.4 Å². The average Bonchev–Trinajstić information content (AvgIpc) is 2.62. The Morgan fingerprint density at radius 2 is 1.89 bits per heavy atom. The monoisotopic (exact) mass is 407 g/mol. The Balaban J connectivity index is 1.68. The zero-order chi connectivity index (χ0) is 20.1. The SMILES string of the molecule is O=C1CN(c2ncc(Cl)cc2F)C(=O)[C@]2(C[C@@H](O)C2)N1Cc1ccc(F)cc1. The number of hydrogen-bond donors (Lipinski definition) is 1. The second-order valence-corrected chi connectivity index (χ2v) is 7.49. The smallest absolute Gasteiger partial charge is 0.254 e. The predicted molar refractivity (Wildman–Crippen MR) is 96.5 cm³/mol. The highest BCUT2D eigenvalue weighted by Gasteiger charge is 2.60. The molecule has 1 saturated heterocycles. The number of carbonyl (C=O) groups is 2. The molecule has 1 aliphatic carbocycles. The number of aromatic nitrogens is 1. The molecule has 1 aromatic heterocycles. The molecule has 6 nitrogen and oxygen atoms in total. The van der Waals surface area contributed by atoms with E-state index in [1.165, 1.54) is 35.4 Å². The van der Waals surface area contributed by atoms with Crippen molar-refractivity contribution >= 4 is 29.2 Å². The van der Waals surface area contributed by atoms with E-state index in [4.69, 9.17) is 11.6 Å². The van der Waals surface area contributed by atoms with Crippen LogP contribution in [0.1, 0.15) is 18.4 Å². The summed E-state index contributed by atoms with van der Waals surface area (Å²) in [6.45, 7) is -0.300. The first kappa shape index (κ1) is 18.8. The first-order valence-corrected chi connectivity index (χ1v) is 9.04. The Morgan fingerprint density at radius 3 is 2.50 bits per heavy atom. The van der Waals surface area contributed by atoms with E-state index in [-0.39, 0.29) is 36.8 Å². The third-order valence-electron chi connectivity index (χ3n) is 5.20. The molecule has 2 heterocycles. The van der Waals surface area contributed by atoms with Gasteiger partial charge in [-0.2, -0.15) is 0 Å². The van der Waals surface area contributed by atoms with Crippen LogP contribution in [0.3, 0.4) is 0 Å². The van der Waals surface area contributed by atoms with E-state index in [1.807, 2.05) is 0 Å². The molecule has 28 heavy (non-hydrogen) atoms. The van der Waals surface area contributed by atoms with E-state index < -0.39 is 35.1 Å². The number of benzene rings is 1. The van der Waals surface area contributed by atoms with Gasteiger partial charge in [-0.15, -0.1) is 0 Å². The van der Waals surface area contributed by atoms with Gasteiger partial charge in [-0.05, 0) is 23.8 Å². The van der Waals surface area contributed by atoms with Crippen molar-refractivity contribution in [3.05, 3.63) is 58.7 Å². The first-order chi connectivity index (χ1) is 13.3. The molecule has 1 N–H and O–H groups in total. The van der Waals surface area contributed by atoms with Crippen molar-refractivity contribution in [3.8, 4) is 0 Å². The number of pyridine rings is 1. The molecule has 2 aliphatic rings. The maximum atomic E-state index is 14.3. The van der Waals surface area contributed by atoms with Crippen LogP contribution in [0.15, 0.2) is 36.5 Å². The van der Waals surface area contributed by atoms with Crippen LogP contribution in [0.5, 0.6) is 0 Å². The predicted octanol–water partition coefficient (Wildman–Crippen LogP) is 2.28. The summed E-state index contributed by atoms with van der Waals surface area (Å²) in [6, 6.07) is 6.63. The standard InChI is InChI=1S/C19H16ClF2N3O3/c20-12-5-15(22)17(23-8-12)24-10-16(27)25(9-11-1-3-13(21)4-2-11)19(18(24)28)6-14(26)7-19/h1-5,8,14,26H,6-7,9-10H2/t14-,19-. The Hall–Kier alpha value is -2.58. The molecule has 1 saturated carbocycles. The Morgan fingerprint density at radius 1 is 1.21 bits per heavy atom. The number of aliphatic hydroxyl groups is 1. The quantitative estimate of drug-likeness (QED) is 0.847. The lowest BCUT2D eigenvalue weighted by atomic mass is 9.70. The molecule has 0 unspecified atom stereocenters. The van der Waals surface area contributed by atoms with Crippen LogP contribution in [-0.2, 0) is 16.1 Å². The number of anilines is 1. The highest BCUT2D eigenvalue weighted by molar-refractivity contribution is 6.30. The molecule has 1 spiro atoms. The molecule has 0 bridgehead atoms. The summed E-state index contributed by atoms with van der Waals surface area (Å²) in [6.07, 6.45) is 0.551. The summed E-state index contributed by atoms with van der Waals surface area (Å²) >= 11 is 5.72. The lowest BCUT2D eigenvalue weighted by molar-refractivity contribution is -0.167. The highest BCUT2D eigenvalue weighted by atomic mass is 35.5. The van der Waals surface area contributed by atoms with Crippen LogP contribution in [0, 0.1) is 11.6 Å². The van der Waals surface area contributed by atoms with E-state index in [9.17, 15) is 23.5 Å². The number of nitrogens with zero attached hydrogens (tertiary/aromatic N) is 3. The average molecular weight is 408 g/mol. The zero-order valence-electron chi connectivity index (χ0n) is 14.6. The van der Waals surface area contributed by atoms with Gasteiger partial charge in [0.05, 0.1) is 11.1 Å². The first-order valence-electron chi connectivity index (χ1n) is 8.66. The van der Waals surface area contributed by atoms with Crippen molar-refractivity contribution < 1.29 is 23.5 Å². The van der Waals surface area contributed by atoms with Crippen LogP contribution in [0.4, 0.5) is 14.6 Å². The highest BCUT2D eigenvalue weighted by Crippen LogP contribution is 2.43. The van der Waals surface area contributed by atoms with Crippen LogP contribution < -0.4 is 4.90 Å². The minimum atomic E-state index is -1.28. The number of piperazine rings is 1. The van der Waals surface area contributed by atoms with Crippen molar-refractivity contribution in [2.45, 2.75) is 31.0 Å². The third-order valence-corrected chi connectivity index (χ3v) is 5.41. The number of halogens is 3. The molecule has 1 aromatic carbocycles. The summed E-state index contributed by atoms with van der Waals surface area (Å²) in [5, 5.41) is 9.94. The van der Waals surface area contributed by atoms with E-state index in [0.717, 1.165) is 11.0 Å². The lowest BCUT2D eigenvalue weighted by Crippen LogP contribution is -2.73. The summed E-state index contributed by atoms with van der Waals surface area (Å²) in [5.41, 5.74) is -0.635. The number of rotatable bonds is 3. The van der Waals surface area contributed by atoms with Crippen molar-refractivity contribution in [3.63, 3.8) is 0 Å². The van der Waals surface area contributed by atoms with Gasteiger partial charge in [0.25, 0.3) is 5.91 Å². The van der Waals surface area contributed by atoms with Gasteiger partial charge in [-0.1, -0.05) is 23.7 Å². The Kier molecular flexibility index (Phi) is 4.55. The fourth-order valence-corrected chi connectivity index (χ4v) is 3.95. The van der Waals surface area contributed by atoms with Gasteiger partial charge in [0.15, 0.2) is 11.6 Å². The van der Waals surface area contributed by atoms with Crippen molar-refractivity contribution in [2.24, 2.45) is 0 Å². The van der Waals surface area contributed by atoms with Gasteiger partial charge < -0.3 is 10.0 Å². The fraction of sp³-hybridized carbons (Fsp3) is 0.316. The minimum absolute atomic E-state index is 0.0461. The topological polar surface area (TPSA) is 73.7 Å². The summed E-state index contributed by atoms with van der Waals surface area (Å²) in [7, 11) is 0. The molecule has 2 aromatic rings. The third kappa shape index (κ3) is 3.02. The van der Waals surface area contributed by atoms with Crippen molar-refractivity contribution in [1.29, 1.82) is 0 Å². The molecule has 0 radical (unpaired) electrons. The normalized spacial score (nSPS) is 24.6. The number of aliphatic hydroxyl groups excluding tert-OH is 1. The van der Waals surface area contributed by atoms with E-state index in [1.54, 1.807) is 0 Å². The van der Waals surface area contributed by atoms with Crippen LogP contribution in [0.2, 0.25) is 5.02 Å². The van der Waals surface area contributed by atoms with Crippen LogP contribution in [0.25, 0.3) is 0 Å². The molecular weight excluding hydrogens is 392 g/mol. The molecule has 0 atom stereocenters. The second kappa shape index (κ2) is 6.79. The molecule has 4 rings (SSSR count). The number of hydrogen-bond acceptors (Lipinski definition) is 4. The van der Waals surface area contributed by atoms with Crippen molar-refractivity contribution in [1.82, 2.24) is 9.88 Å². The van der Waals surface area contributed by atoms with E-state index in [0.29, 0.717) is 5.56 Å². The lowest BCUT2D eigenvalue weighted by Gasteiger charge is -2.55. The molecular formula is C19H16ClF2N3O3. The number of amides is 2. The van der Waals surface area contributed by atoms with E-state index >= 15 is 0 Å². The summed E-state index contributed by atoms with van der Waals surface area (Å²) in [5.74, 6) is -2.41. The van der Waals surface area contributed by atoms with Gasteiger partial charge in [-0.25, -0.2) is 13.8 Å². The zero-order valence-corrected chi connectivity index (χ0v) is 15.4. The molecule has 2 amide bonds. The van der Waals surface area contributed by atoms with Gasteiger partial charge >= 0.3 is 0 Å². The van der Waals surface area contributed by atoms with E-state index in [2.05, 4.69) is 4.98 Å². The van der Waals surface area contributed by atoms with Gasteiger partial charge in [0.2, 0.25) is 5.91 Å². The molecule has 146 valence electrons. The maximum absolute atomic E-state index is 14.3. The fourth-order valence-electron chi connectivity index (χ4n) is 3.80. The van der Waals surface area contributed by atoms with Crippen LogP contribution in [-0.4, -0.2) is 45.0 Å². The molecule has 1 aliphatic heterocycles. The van der Waals surface area contributed by atoms with Gasteiger partial charge in [0, 0.05) is 25.6 Å². The van der Waals surface area contributed by atoms with Gasteiger partial charge in [-0.3, -0.25) is 14.5 Å². The van der Waals surface area contributed by atoms with Crippen LogP contribution >= 0.6 is 11.6 Å².